The van der Waals surface area contributed by atoms with Crippen molar-refractivity contribution in [1.82, 2.24) is 30.0 Å². The molecule has 0 bridgehead atoms. The van der Waals surface area contributed by atoms with Crippen LogP contribution in [0.25, 0.3) is 0 Å². The molecule has 25 heavy (non-hydrogen) atoms. The maximum Gasteiger partial charge on any atom is 0.317 e. The highest BCUT2D eigenvalue weighted by molar-refractivity contribution is 5.75. The predicted octanol–water partition coefficient (Wildman–Crippen LogP) is 2.80. The van der Waals surface area contributed by atoms with Crippen molar-refractivity contribution < 1.29 is 4.79 Å². The molecule has 0 unspecified atom stereocenters. The van der Waals surface area contributed by atoms with Crippen LogP contribution in [-0.4, -0.2) is 43.8 Å². The summed E-state index contributed by atoms with van der Waals surface area (Å²) >= 11 is 0. The number of rotatable bonds is 4. The third-order valence-electron chi connectivity index (χ3n) is 5.23. The molecule has 3 heterocycles. The first kappa shape index (κ1) is 17.5. The Hall–Kier alpha value is -2.31. The van der Waals surface area contributed by atoms with Gasteiger partial charge < -0.3 is 15.2 Å². The van der Waals surface area contributed by atoms with Gasteiger partial charge in [-0.1, -0.05) is 6.92 Å². The number of imidazole rings is 1. The zero-order valence-electron chi connectivity index (χ0n) is 15.5. The van der Waals surface area contributed by atoms with Crippen molar-refractivity contribution in [3.63, 3.8) is 0 Å². The molecule has 0 aromatic carbocycles. The number of amides is 2. The van der Waals surface area contributed by atoms with Crippen LogP contribution in [0.15, 0.2) is 12.4 Å². The van der Waals surface area contributed by atoms with Crippen LogP contribution >= 0.6 is 0 Å². The molecule has 2 aromatic heterocycles. The van der Waals surface area contributed by atoms with E-state index in [1.807, 2.05) is 29.7 Å². The van der Waals surface area contributed by atoms with E-state index in [4.69, 9.17) is 0 Å². The highest BCUT2D eigenvalue weighted by atomic mass is 16.2. The van der Waals surface area contributed by atoms with Crippen LogP contribution in [0.5, 0.6) is 0 Å². The molecule has 2 atom stereocenters. The van der Waals surface area contributed by atoms with Crippen LogP contribution in [0.2, 0.25) is 0 Å². The van der Waals surface area contributed by atoms with Crippen molar-refractivity contribution >= 4 is 6.03 Å². The maximum absolute atomic E-state index is 12.8. The summed E-state index contributed by atoms with van der Waals surface area (Å²) in [5.41, 5.74) is 3.23. The van der Waals surface area contributed by atoms with Gasteiger partial charge in [0.15, 0.2) is 0 Å². The molecule has 0 saturated carbocycles. The van der Waals surface area contributed by atoms with Crippen molar-refractivity contribution in [2.75, 3.05) is 13.1 Å². The molecule has 0 spiro atoms. The lowest BCUT2D eigenvalue weighted by Crippen LogP contribution is -2.46. The number of nitrogens with zero attached hydrogens (tertiary/aromatic N) is 4. The van der Waals surface area contributed by atoms with Gasteiger partial charge in [0.05, 0.1) is 11.7 Å². The van der Waals surface area contributed by atoms with E-state index < -0.39 is 0 Å². The first-order chi connectivity index (χ1) is 12.0. The summed E-state index contributed by atoms with van der Waals surface area (Å²) in [6, 6.07) is -0.00375. The van der Waals surface area contributed by atoms with Gasteiger partial charge in [-0.15, -0.1) is 0 Å². The van der Waals surface area contributed by atoms with E-state index in [9.17, 15) is 4.79 Å². The second-order valence-corrected chi connectivity index (χ2v) is 6.88. The zero-order chi connectivity index (χ0) is 18.0. The Labute approximate surface area is 148 Å². The molecule has 2 N–H and O–H groups in total. The molecule has 2 aromatic rings. The SMILES string of the molecule is CC[C@H](NC(=O)N1CCC[C@@H](c2ncc[nH]2)C1)c1c(C)nn(C)c1C. The normalized spacial score (nSPS) is 19.0. The standard InChI is InChI=1S/C18H28N6O/c1-5-15(16-12(2)22-23(4)13(16)3)21-18(25)24-10-6-7-14(11-24)17-19-8-9-20-17/h8-9,14-15H,5-7,10-11H2,1-4H3,(H,19,20)(H,21,25)/t14-,15+/m1/s1. The minimum atomic E-state index is -0.00908. The predicted molar refractivity (Wildman–Crippen MR) is 96.4 cm³/mol. The van der Waals surface area contributed by atoms with Crippen molar-refractivity contribution in [3.8, 4) is 0 Å². The average Bonchev–Trinajstić information content (AvgIpc) is 3.22. The average molecular weight is 344 g/mol. The number of aryl methyl sites for hydroxylation is 2. The van der Waals surface area contributed by atoms with Crippen molar-refractivity contribution in [3.05, 3.63) is 35.2 Å². The fourth-order valence-electron chi connectivity index (χ4n) is 3.80. The number of likely N-dealkylation sites (tertiary alicyclic amines) is 1. The highest BCUT2D eigenvalue weighted by Gasteiger charge is 2.28. The molecule has 7 nitrogen and oxygen atoms in total. The third-order valence-corrected chi connectivity index (χ3v) is 5.23. The summed E-state index contributed by atoms with van der Waals surface area (Å²) in [4.78, 5) is 22.3. The van der Waals surface area contributed by atoms with E-state index >= 15 is 0 Å². The van der Waals surface area contributed by atoms with Crippen LogP contribution in [0, 0.1) is 13.8 Å². The van der Waals surface area contributed by atoms with Gasteiger partial charge in [-0.3, -0.25) is 4.68 Å². The fraction of sp³-hybridized carbons (Fsp3) is 0.611. The highest BCUT2D eigenvalue weighted by Crippen LogP contribution is 2.27. The molecule has 1 saturated heterocycles. The van der Waals surface area contributed by atoms with Crippen molar-refractivity contribution in [1.29, 1.82) is 0 Å². The molecule has 0 radical (unpaired) electrons. The molecule has 3 rings (SSSR count). The summed E-state index contributed by atoms with van der Waals surface area (Å²) < 4.78 is 1.88. The number of hydrogen-bond donors (Lipinski definition) is 2. The van der Waals surface area contributed by atoms with Crippen LogP contribution in [0.3, 0.4) is 0 Å². The first-order valence-electron chi connectivity index (χ1n) is 9.06. The minimum absolute atomic E-state index is 0.00533. The summed E-state index contributed by atoms with van der Waals surface area (Å²) in [5.74, 6) is 1.26. The van der Waals surface area contributed by atoms with Gasteiger partial charge >= 0.3 is 6.03 Å². The number of H-pyrrole nitrogens is 1. The number of urea groups is 1. The topological polar surface area (TPSA) is 78.8 Å². The Kier molecular flexibility index (Phi) is 5.11. The summed E-state index contributed by atoms with van der Waals surface area (Å²) in [6.45, 7) is 7.66. The Balaban J connectivity index is 1.69. The van der Waals surface area contributed by atoms with Crippen LogP contribution in [0.1, 0.15) is 60.9 Å². The number of aromatic nitrogens is 4. The largest absolute Gasteiger partial charge is 0.348 e. The smallest absolute Gasteiger partial charge is 0.317 e. The number of carbonyl (C=O) groups excluding carboxylic acids is 1. The lowest BCUT2D eigenvalue weighted by molar-refractivity contribution is 0.174. The quantitative estimate of drug-likeness (QED) is 0.895. The van der Waals surface area contributed by atoms with Gasteiger partial charge in [0.1, 0.15) is 5.82 Å². The number of nitrogens with one attached hydrogen (secondary N) is 2. The van der Waals surface area contributed by atoms with Gasteiger partial charge in [0.25, 0.3) is 0 Å². The van der Waals surface area contributed by atoms with Gasteiger partial charge in [0, 0.05) is 49.7 Å². The zero-order valence-corrected chi connectivity index (χ0v) is 15.5. The van der Waals surface area contributed by atoms with E-state index in [0.29, 0.717) is 6.54 Å². The third kappa shape index (κ3) is 3.55. The van der Waals surface area contributed by atoms with Crippen LogP contribution < -0.4 is 5.32 Å². The Morgan fingerprint density at radius 3 is 2.88 bits per heavy atom. The second-order valence-electron chi connectivity index (χ2n) is 6.88. The van der Waals surface area contributed by atoms with Crippen LogP contribution in [-0.2, 0) is 7.05 Å². The number of piperidine rings is 1. The lowest BCUT2D eigenvalue weighted by atomic mass is 9.97. The Bertz CT molecular complexity index is 720. The van der Waals surface area contributed by atoms with Gasteiger partial charge in [-0.05, 0) is 33.1 Å². The van der Waals surface area contributed by atoms with Crippen LogP contribution in [0.4, 0.5) is 4.79 Å². The molecule has 1 fully saturated rings. The Morgan fingerprint density at radius 1 is 1.48 bits per heavy atom. The molecule has 1 aliphatic heterocycles. The number of carbonyl (C=O) groups is 1. The summed E-state index contributed by atoms with van der Waals surface area (Å²) in [7, 11) is 1.94. The van der Waals surface area contributed by atoms with Gasteiger partial charge in [0.2, 0.25) is 0 Å². The Morgan fingerprint density at radius 2 is 2.28 bits per heavy atom. The fourth-order valence-corrected chi connectivity index (χ4v) is 3.80. The van der Waals surface area contributed by atoms with E-state index in [-0.39, 0.29) is 18.0 Å². The number of aromatic amines is 1. The monoisotopic (exact) mass is 344 g/mol. The molecule has 136 valence electrons. The number of hydrogen-bond acceptors (Lipinski definition) is 3. The van der Waals surface area contributed by atoms with Gasteiger partial charge in [-0.25, -0.2) is 9.78 Å². The first-order valence-corrected chi connectivity index (χ1v) is 9.06. The van der Waals surface area contributed by atoms with E-state index in [2.05, 4.69) is 34.2 Å². The summed E-state index contributed by atoms with van der Waals surface area (Å²) in [6.07, 6.45) is 6.52. The van der Waals surface area contributed by atoms with E-state index in [0.717, 1.165) is 48.6 Å². The lowest BCUT2D eigenvalue weighted by Gasteiger charge is -2.33. The second kappa shape index (κ2) is 7.29. The van der Waals surface area contributed by atoms with Gasteiger partial charge in [-0.2, -0.15) is 5.10 Å². The molecule has 0 aliphatic carbocycles. The van der Waals surface area contributed by atoms with Crippen molar-refractivity contribution in [2.24, 2.45) is 7.05 Å². The molecular weight excluding hydrogens is 316 g/mol. The maximum atomic E-state index is 12.8. The molecule has 1 aliphatic rings. The van der Waals surface area contributed by atoms with E-state index in [1.165, 1.54) is 0 Å². The van der Waals surface area contributed by atoms with E-state index in [1.54, 1.807) is 6.20 Å². The van der Waals surface area contributed by atoms with Crippen molar-refractivity contribution in [2.45, 2.75) is 52.0 Å². The summed E-state index contributed by atoms with van der Waals surface area (Å²) in [5, 5.41) is 7.70. The molecular formula is C18H28N6O. The minimum Gasteiger partial charge on any atom is -0.348 e. The molecule has 7 heteroatoms. The molecule has 2 amide bonds.